The van der Waals surface area contributed by atoms with E-state index in [2.05, 4.69) is 59.2 Å². The molecule has 0 aromatic heterocycles. The van der Waals surface area contributed by atoms with Crippen molar-refractivity contribution >= 4 is 11.9 Å². The number of rotatable bonds is 5. The molecule has 3 saturated heterocycles. The van der Waals surface area contributed by atoms with Gasteiger partial charge in [-0.2, -0.15) is 0 Å². The highest BCUT2D eigenvalue weighted by molar-refractivity contribution is 6.01. The fourth-order valence-electron chi connectivity index (χ4n) is 18.3. The van der Waals surface area contributed by atoms with Gasteiger partial charge in [-0.1, -0.05) is 87.1 Å². The molecule has 1 aromatic rings. The van der Waals surface area contributed by atoms with Crippen molar-refractivity contribution in [2.75, 3.05) is 26.2 Å². The lowest BCUT2D eigenvalue weighted by Gasteiger charge is -2.72. The molecule has 6 fully saturated rings. The maximum atomic E-state index is 16.1. The second-order valence-electron chi connectivity index (χ2n) is 22.9. The van der Waals surface area contributed by atoms with Crippen molar-refractivity contribution in [2.45, 2.75) is 134 Å². The molecule has 16 aliphatic rings. The molecule has 0 amide bonds. The highest BCUT2D eigenvalue weighted by atomic mass is 16.6. The van der Waals surface area contributed by atoms with Gasteiger partial charge >= 0.3 is 11.9 Å². The monoisotopic (exact) mass is 847 g/mol. The molecule has 8 heteroatoms. The van der Waals surface area contributed by atoms with Crippen molar-refractivity contribution in [3.63, 3.8) is 0 Å². The first kappa shape index (κ1) is 38.4. The highest BCUT2D eigenvalue weighted by Gasteiger charge is 2.94. The Labute approximate surface area is 372 Å². The molecule has 1 aromatic carbocycles. The fourth-order valence-corrected chi connectivity index (χ4v) is 18.3. The van der Waals surface area contributed by atoms with Gasteiger partial charge in [0.2, 0.25) is 0 Å². The first-order chi connectivity index (χ1) is 30.8. The van der Waals surface area contributed by atoms with Crippen molar-refractivity contribution in [1.29, 1.82) is 0 Å². The lowest BCUT2D eigenvalue weighted by Crippen LogP contribution is -2.77. The Hall–Kier alpha value is -3.88. The number of aliphatic hydroxyl groups excluding tert-OH is 1. The quantitative estimate of drug-likeness (QED) is 0.283. The molecule has 3 N–H and O–H groups in total. The molecule has 9 heterocycles. The Morgan fingerprint density at radius 1 is 0.984 bits per heavy atom. The van der Waals surface area contributed by atoms with E-state index in [0.717, 1.165) is 82.1 Å². The van der Waals surface area contributed by atoms with Crippen LogP contribution in [0.5, 0.6) is 0 Å². The van der Waals surface area contributed by atoms with Gasteiger partial charge in [0, 0.05) is 55.2 Å². The molecule has 13 atom stereocenters. The third kappa shape index (κ3) is 4.62. The minimum atomic E-state index is -1.14. The van der Waals surface area contributed by atoms with Crippen LogP contribution in [-0.2, 0) is 26.3 Å². The summed E-state index contributed by atoms with van der Waals surface area (Å²) in [7, 11) is 0. The third-order valence-electron chi connectivity index (χ3n) is 20.2. The number of hydrogen-bond acceptors (Lipinski definition) is 8. The average molecular weight is 848 g/mol. The molecule has 9 aliphatic heterocycles. The number of piperidine rings is 2. The highest BCUT2D eigenvalue weighted by Crippen LogP contribution is 2.88. The van der Waals surface area contributed by atoms with Crippen LogP contribution in [0.2, 0.25) is 0 Å². The predicted molar refractivity (Wildman–Crippen MR) is 240 cm³/mol. The normalized spacial score (nSPS) is 43.6. The number of nitrogens with two attached hydrogens (primary N) is 1. The van der Waals surface area contributed by atoms with E-state index in [-0.39, 0.29) is 35.6 Å². The van der Waals surface area contributed by atoms with Crippen LogP contribution >= 0.6 is 0 Å². The summed E-state index contributed by atoms with van der Waals surface area (Å²) in [5.41, 5.74) is 14.0. The first-order valence-electron chi connectivity index (χ1n) is 25.5. The van der Waals surface area contributed by atoms with Crippen LogP contribution in [-0.4, -0.2) is 65.1 Å². The topological polar surface area (TPSA) is 105 Å². The Kier molecular flexibility index (Phi) is 8.14. The van der Waals surface area contributed by atoms with Gasteiger partial charge in [0.15, 0.2) is 11.4 Å². The number of aryl methyl sites for hydroxylation is 1. The Morgan fingerprint density at radius 2 is 1.87 bits per heavy atom. The standard InChI is InChI=1S/C55H65N3O5/c1-30-15-17-39-38-13-5-11-34-25-35-16-18-42-36-23-32-27-57(29-36)37(24-31-8-3-2-4-9-31)26-43(59)50-53-20-19-40(47(45(34)38)49(35)58(42)28-32)48(39)54(53,52(61)62-50)44(22-30)55(53)41-14-6-10-33(12-7-21-56)46(41)51(60)63-55/h5-6,10,13-14,16,18,30-32,34,36-37,42,44-45,47,59H,2-4,7-9,11-12,15,17,19-29,56H2,1H3. The Balaban J connectivity index is 1.07. The third-order valence-corrected chi connectivity index (χ3v) is 20.2. The van der Waals surface area contributed by atoms with Crippen LogP contribution in [0.4, 0.5) is 0 Å². The Bertz CT molecular complexity index is 2450. The van der Waals surface area contributed by atoms with E-state index in [4.69, 9.17) is 15.2 Å². The minimum Gasteiger partial charge on any atom is -0.509 e. The largest absolute Gasteiger partial charge is 0.509 e. The van der Waals surface area contributed by atoms with Gasteiger partial charge in [0.05, 0.1) is 17.0 Å². The number of aliphatic hydroxyl groups is 1. The second kappa shape index (κ2) is 13.4. The van der Waals surface area contributed by atoms with Crippen LogP contribution in [0.3, 0.4) is 0 Å². The molecular weight excluding hydrogens is 783 g/mol. The van der Waals surface area contributed by atoms with Crippen LogP contribution < -0.4 is 5.73 Å². The van der Waals surface area contributed by atoms with Gasteiger partial charge in [-0.05, 0) is 141 Å². The summed E-state index contributed by atoms with van der Waals surface area (Å²) in [6, 6.07) is 6.82. The van der Waals surface area contributed by atoms with Crippen molar-refractivity contribution in [3.8, 4) is 0 Å². The summed E-state index contributed by atoms with van der Waals surface area (Å²) in [6.07, 6.45) is 27.0. The van der Waals surface area contributed by atoms with Crippen molar-refractivity contribution in [2.24, 2.45) is 63.9 Å². The summed E-state index contributed by atoms with van der Waals surface area (Å²) in [5.74, 6) is 3.01. The number of ether oxygens (including phenoxy) is 2. The molecule has 3 saturated carbocycles. The van der Waals surface area contributed by atoms with Gasteiger partial charge in [-0.25, -0.2) is 4.79 Å². The number of benzene rings is 1. The van der Waals surface area contributed by atoms with E-state index in [1.54, 1.807) is 5.70 Å². The molecule has 17 rings (SSSR count). The van der Waals surface area contributed by atoms with Gasteiger partial charge in [-0.15, -0.1) is 0 Å². The molecular formula is C55H65N3O5. The van der Waals surface area contributed by atoms with E-state index in [1.807, 2.05) is 0 Å². The smallest absolute Gasteiger partial charge is 0.339 e. The lowest BCUT2D eigenvalue weighted by atomic mass is 9.27. The number of hydrogen-bond donors (Lipinski definition) is 2. The van der Waals surface area contributed by atoms with E-state index in [9.17, 15) is 9.90 Å². The SMILES string of the molecule is CC1CCC2=C3C=CCC4CC5=C6C(C7=C2C28C(=O)OC(=C(O)CC(CC9CCCCC9)N9CC%10CC(C9)C(C=C5)N6C%10)C2(CC7)C2(OC(=O)c5c(CCCN)cccc52)C8C1)C34. The fraction of sp³-hybridized carbons (Fsp3) is 0.636. The molecule has 3 spiro atoms. The molecule has 13 unspecified atom stereocenters. The van der Waals surface area contributed by atoms with Crippen LogP contribution in [0.1, 0.15) is 131 Å². The van der Waals surface area contributed by atoms with Gasteiger partial charge in [-0.3, -0.25) is 9.69 Å². The van der Waals surface area contributed by atoms with Crippen molar-refractivity contribution < 1.29 is 24.2 Å². The minimum absolute atomic E-state index is 0.140. The summed E-state index contributed by atoms with van der Waals surface area (Å²) in [4.78, 5) is 36.7. The summed E-state index contributed by atoms with van der Waals surface area (Å²) in [6.45, 7) is 6.06. The van der Waals surface area contributed by atoms with Crippen molar-refractivity contribution in [3.05, 3.63) is 104 Å². The van der Waals surface area contributed by atoms with Crippen LogP contribution in [0, 0.1) is 58.2 Å². The van der Waals surface area contributed by atoms with E-state index < -0.39 is 16.4 Å². The van der Waals surface area contributed by atoms with Gasteiger partial charge in [0.1, 0.15) is 11.2 Å². The maximum absolute atomic E-state index is 16.1. The average Bonchev–Trinajstić information content (AvgIpc) is 3.75. The van der Waals surface area contributed by atoms with Gasteiger partial charge < -0.3 is 25.2 Å². The van der Waals surface area contributed by atoms with E-state index in [0.29, 0.717) is 78.7 Å². The summed E-state index contributed by atoms with van der Waals surface area (Å²) < 4.78 is 14.3. The lowest BCUT2D eigenvalue weighted by molar-refractivity contribution is -0.279. The summed E-state index contributed by atoms with van der Waals surface area (Å²) >= 11 is 0. The zero-order valence-electron chi connectivity index (χ0n) is 37.2. The zero-order valence-corrected chi connectivity index (χ0v) is 37.2. The molecule has 63 heavy (non-hydrogen) atoms. The number of fused-ring (bicyclic) bond motifs is 3. The molecule has 0 radical (unpaired) electrons. The number of esters is 2. The summed E-state index contributed by atoms with van der Waals surface area (Å²) in [5, 5.41) is 13.3. The number of allylic oxidation sites excluding steroid dienone is 7. The Morgan fingerprint density at radius 3 is 2.75 bits per heavy atom. The first-order valence-corrected chi connectivity index (χ1v) is 25.5. The molecule has 8 nitrogen and oxygen atoms in total. The van der Waals surface area contributed by atoms with Gasteiger partial charge in [0.25, 0.3) is 0 Å². The number of nitrogens with zero attached hydrogens (tertiary/aromatic N) is 2. The molecule has 12 bridgehead atoms. The second-order valence-corrected chi connectivity index (χ2v) is 22.9. The zero-order chi connectivity index (χ0) is 42.1. The molecule has 7 aliphatic carbocycles. The number of carbonyl (C=O) groups excluding carboxylic acids is 2. The van der Waals surface area contributed by atoms with Crippen LogP contribution in [0.25, 0.3) is 0 Å². The van der Waals surface area contributed by atoms with E-state index >= 15 is 4.79 Å². The number of carbonyl (C=O) groups is 2. The molecule has 330 valence electrons. The van der Waals surface area contributed by atoms with E-state index in [1.165, 1.54) is 66.4 Å². The van der Waals surface area contributed by atoms with Crippen molar-refractivity contribution in [1.82, 2.24) is 9.80 Å². The van der Waals surface area contributed by atoms with Crippen LogP contribution in [0.15, 0.2) is 87.6 Å². The maximum Gasteiger partial charge on any atom is 0.339 e. The predicted octanol–water partition coefficient (Wildman–Crippen LogP) is 9.49.